The summed E-state index contributed by atoms with van der Waals surface area (Å²) in [7, 11) is -3.38. The molecule has 4 aromatic rings. The van der Waals surface area contributed by atoms with Crippen LogP contribution in [-0.2, 0) is 21.6 Å². The van der Waals surface area contributed by atoms with Crippen LogP contribution < -0.4 is 0 Å². The Balaban J connectivity index is 1.84. The van der Waals surface area contributed by atoms with Crippen molar-refractivity contribution in [1.29, 1.82) is 0 Å². The van der Waals surface area contributed by atoms with Gasteiger partial charge in [-0.15, -0.1) is 0 Å². The Morgan fingerprint density at radius 3 is 2.14 bits per heavy atom. The van der Waals surface area contributed by atoms with E-state index in [-0.39, 0.29) is 22.0 Å². The van der Waals surface area contributed by atoms with Gasteiger partial charge in [0.15, 0.2) is 9.84 Å². The van der Waals surface area contributed by atoms with Gasteiger partial charge in [-0.05, 0) is 55.3 Å². The number of imidazole rings is 1. The SMILES string of the molecule is CC(C)(O)c1cn(-c2ccc(-c3cccc(S(C)(=O)=O)c3)cc2)c(-c2ccccc2C(F)(F)F)n1. The number of halogens is 3. The Hall–Kier alpha value is -3.43. The Morgan fingerprint density at radius 1 is 0.886 bits per heavy atom. The summed E-state index contributed by atoms with van der Waals surface area (Å²) < 4.78 is 66.5. The fourth-order valence-corrected chi connectivity index (χ4v) is 4.37. The first-order chi connectivity index (χ1) is 16.2. The van der Waals surface area contributed by atoms with Crippen molar-refractivity contribution < 1.29 is 26.7 Å². The Morgan fingerprint density at radius 2 is 1.54 bits per heavy atom. The number of hydrogen-bond donors (Lipinski definition) is 1. The molecule has 0 amide bonds. The summed E-state index contributed by atoms with van der Waals surface area (Å²) in [5.74, 6) is 0.0434. The van der Waals surface area contributed by atoms with Crippen LogP contribution in [0.1, 0.15) is 25.1 Å². The average Bonchev–Trinajstić information content (AvgIpc) is 3.24. The van der Waals surface area contributed by atoms with E-state index < -0.39 is 27.2 Å². The maximum absolute atomic E-state index is 13.7. The molecule has 182 valence electrons. The van der Waals surface area contributed by atoms with E-state index in [2.05, 4.69) is 4.98 Å². The molecule has 1 N–H and O–H groups in total. The molecular formula is C26H23F3N2O3S. The molecule has 9 heteroatoms. The highest BCUT2D eigenvalue weighted by atomic mass is 32.2. The van der Waals surface area contributed by atoms with Gasteiger partial charge in [0.25, 0.3) is 0 Å². The van der Waals surface area contributed by atoms with Crippen molar-refractivity contribution in [2.24, 2.45) is 0 Å². The maximum Gasteiger partial charge on any atom is 0.417 e. The normalized spacial score (nSPS) is 12.7. The van der Waals surface area contributed by atoms with E-state index in [1.54, 1.807) is 42.5 Å². The van der Waals surface area contributed by atoms with Crippen molar-refractivity contribution in [3.8, 4) is 28.2 Å². The second-order valence-corrected chi connectivity index (χ2v) is 10.8. The summed E-state index contributed by atoms with van der Waals surface area (Å²) in [6.45, 7) is 3.02. The molecule has 4 rings (SSSR count). The molecule has 0 saturated heterocycles. The first-order valence-electron chi connectivity index (χ1n) is 10.6. The smallest absolute Gasteiger partial charge is 0.384 e. The van der Waals surface area contributed by atoms with Gasteiger partial charge in [-0.25, -0.2) is 13.4 Å². The van der Waals surface area contributed by atoms with Gasteiger partial charge >= 0.3 is 6.18 Å². The lowest BCUT2D eigenvalue weighted by molar-refractivity contribution is -0.137. The summed E-state index contributed by atoms with van der Waals surface area (Å²) in [5.41, 5.74) is -0.149. The number of sulfone groups is 1. The molecule has 0 atom stereocenters. The van der Waals surface area contributed by atoms with E-state index in [4.69, 9.17) is 0 Å². The lowest BCUT2D eigenvalue weighted by Crippen LogP contribution is -2.15. The monoisotopic (exact) mass is 500 g/mol. The van der Waals surface area contributed by atoms with Gasteiger partial charge in [0.05, 0.1) is 16.2 Å². The Labute approximate surface area is 201 Å². The minimum Gasteiger partial charge on any atom is -0.384 e. The molecule has 0 spiro atoms. The summed E-state index contributed by atoms with van der Waals surface area (Å²) in [6.07, 6.45) is -1.94. The molecule has 0 aliphatic rings. The number of benzene rings is 3. The van der Waals surface area contributed by atoms with Gasteiger partial charge in [-0.1, -0.05) is 42.5 Å². The molecule has 0 unspecified atom stereocenters. The lowest BCUT2D eigenvalue weighted by Gasteiger charge is -2.14. The quantitative estimate of drug-likeness (QED) is 0.373. The topological polar surface area (TPSA) is 72.2 Å². The highest BCUT2D eigenvalue weighted by Gasteiger charge is 2.35. The zero-order valence-corrected chi connectivity index (χ0v) is 20.0. The van der Waals surface area contributed by atoms with E-state index in [0.717, 1.165) is 17.9 Å². The van der Waals surface area contributed by atoms with Gasteiger partial charge in [-0.3, -0.25) is 4.57 Å². The van der Waals surface area contributed by atoms with E-state index >= 15 is 0 Å². The molecule has 0 aliphatic heterocycles. The molecule has 0 bridgehead atoms. The number of alkyl halides is 3. The molecule has 0 aliphatic carbocycles. The standard InChI is InChI=1S/C26H23F3N2O3S/c1-25(2,32)23-16-31(24(30-23)21-9-4-5-10-22(21)26(27,28)29)19-13-11-17(12-14-19)18-7-6-8-20(15-18)35(3,33)34/h4-16,32H,1-3H3. The Bertz CT molecular complexity index is 1480. The molecule has 0 fully saturated rings. The zero-order valence-electron chi connectivity index (χ0n) is 19.2. The largest absolute Gasteiger partial charge is 0.417 e. The van der Waals surface area contributed by atoms with Crippen molar-refractivity contribution in [1.82, 2.24) is 9.55 Å². The predicted molar refractivity (Wildman–Crippen MR) is 128 cm³/mol. The maximum atomic E-state index is 13.7. The van der Waals surface area contributed by atoms with Crippen LogP contribution in [0.2, 0.25) is 0 Å². The van der Waals surface area contributed by atoms with Crippen LogP contribution >= 0.6 is 0 Å². The number of nitrogens with zero attached hydrogens (tertiary/aromatic N) is 2. The van der Waals surface area contributed by atoms with Crippen molar-refractivity contribution >= 4 is 9.84 Å². The lowest BCUT2D eigenvalue weighted by atomic mass is 10.0. The molecule has 0 radical (unpaired) electrons. The van der Waals surface area contributed by atoms with Gasteiger partial charge in [0.1, 0.15) is 11.4 Å². The molecule has 0 saturated carbocycles. The molecule has 5 nitrogen and oxygen atoms in total. The molecule has 3 aromatic carbocycles. The third kappa shape index (κ3) is 5.16. The van der Waals surface area contributed by atoms with Gasteiger partial charge in [0, 0.05) is 23.7 Å². The van der Waals surface area contributed by atoms with Crippen LogP contribution in [0.4, 0.5) is 13.2 Å². The summed E-state index contributed by atoms with van der Waals surface area (Å²) in [5, 5.41) is 10.5. The van der Waals surface area contributed by atoms with Crippen molar-refractivity contribution in [3.05, 3.63) is 90.3 Å². The molecule has 1 heterocycles. The van der Waals surface area contributed by atoms with Crippen LogP contribution in [0.25, 0.3) is 28.2 Å². The first-order valence-corrected chi connectivity index (χ1v) is 12.5. The van der Waals surface area contributed by atoms with Gasteiger partial charge < -0.3 is 5.11 Å². The van der Waals surface area contributed by atoms with Crippen LogP contribution in [0.15, 0.2) is 83.9 Å². The van der Waals surface area contributed by atoms with E-state index in [1.807, 2.05) is 0 Å². The van der Waals surface area contributed by atoms with E-state index in [9.17, 15) is 26.7 Å². The zero-order chi connectivity index (χ0) is 25.6. The van der Waals surface area contributed by atoms with Crippen molar-refractivity contribution in [2.75, 3.05) is 6.26 Å². The van der Waals surface area contributed by atoms with Gasteiger partial charge in [-0.2, -0.15) is 13.2 Å². The minimum atomic E-state index is -4.59. The minimum absolute atomic E-state index is 0.0434. The second-order valence-electron chi connectivity index (χ2n) is 8.77. The average molecular weight is 501 g/mol. The van der Waals surface area contributed by atoms with Crippen molar-refractivity contribution in [3.63, 3.8) is 0 Å². The molecule has 1 aromatic heterocycles. The highest BCUT2D eigenvalue weighted by molar-refractivity contribution is 7.90. The first kappa shape index (κ1) is 24.7. The number of aliphatic hydroxyl groups is 1. The van der Waals surface area contributed by atoms with Crippen molar-refractivity contribution in [2.45, 2.75) is 30.5 Å². The van der Waals surface area contributed by atoms with Gasteiger partial charge in [0.2, 0.25) is 0 Å². The van der Waals surface area contributed by atoms with Crippen LogP contribution in [-0.4, -0.2) is 29.3 Å². The number of rotatable bonds is 5. The van der Waals surface area contributed by atoms with Crippen LogP contribution in [0.3, 0.4) is 0 Å². The van der Waals surface area contributed by atoms with E-state index in [0.29, 0.717) is 11.3 Å². The highest BCUT2D eigenvalue weighted by Crippen LogP contribution is 2.38. The fraction of sp³-hybridized carbons (Fsp3) is 0.192. The van der Waals surface area contributed by atoms with Crippen LogP contribution in [0, 0.1) is 0 Å². The third-order valence-corrected chi connectivity index (χ3v) is 6.66. The summed E-state index contributed by atoms with van der Waals surface area (Å²) in [4.78, 5) is 4.56. The number of hydrogen-bond acceptors (Lipinski definition) is 4. The van der Waals surface area contributed by atoms with E-state index in [1.165, 1.54) is 48.9 Å². The van der Waals surface area contributed by atoms with Crippen LogP contribution in [0.5, 0.6) is 0 Å². The number of aromatic nitrogens is 2. The molecular weight excluding hydrogens is 477 g/mol. The predicted octanol–water partition coefficient (Wildman–Crippen LogP) is 5.86. The summed E-state index contributed by atoms with van der Waals surface area (Å²) in [6, 6.07) is 18.6. The fourth-order valence-electron chi connectivity index (χ4n) is 3.71. The Kier molecular flexibility index (Phi) is 6.11. The molecule has 35 heavy (non-hydrogen) atoms. The third-order valence-electron chi connectivity index (χ3n) is 5.55. The second kappa shape index (κ2) is 8.66. The summed E-state index contributed by atoms with van der Waals surface area (Å²) >= 11 is 0.